The summed E-state index contributed by atoms with van der Waals surface area (Å²) in [6.07, 6.45) is 0. The molecule has 0 aromatic carbocycles. The van der Waals surface area contributed by atoms with Crippen molar-refractivity contribution in [3.8, 4) is 0 Å². The first-order valence-corrected chi connectivity index (χ1v) is 7.08. The molecule has 0 saturated heterocycles. The molecule has 2 heterocycles. The topological polar surface area (TPSA) is 79.4 Å². The van der Waals surface area contributed by atoms with Gasteiger partial charge in [-0.05, 0) is 13.8 Å². The van der Waals surface area contributed by atoms with E-state index >= 15 is 0 Å². The Labute approximate surface area is 121 Å². The summed E-state index contributed by atoms with van der Waals surface area (Å²) in [4.78, 5) is 14.8. The van der Waals surface area contributed by atoms with Gasteiger partial charge in [0.2, 0.25) is 5.89 Å². The van der Waals surface area contributed by atoms with E-state index in [0.717, 1.165) is 16.7 Å². The van der Waals surface area contributed by atoms with E-state index in [4.69, 9.17) is 4.52 Å². The molecule has 0 bridgehead atoms. The predicted molar refractivity (Wildman–Crippen MR) is 77.6 cm³/mol. The number of aromatic nitrogens is 3. The van der Waals surface area contributed by atoms with Gasteiger partial charge >= 0.3 is 0 Å². The molecule has 7 nitrogen and oxygen atoms in total. The molecule has 0 aliphatic rings. The van der Waals surface area contributed by atoms with Crippen LogP contribution < -0.4 is 5.32 Å². The Kier molecular flexibility index (Phi) is 4.67. The first-order chi connectivity index (χ1) is 9.58. The van der Waals surface area contributed by atoms with Crippen LogP contribution in [0.15, 0.2) is 14.9 Å². The van der Waals surface area contributed by atoms with Crippen molar-refractivity contribution in [2.75, 3.05) is 14.1 Å². The van der Waals surface area contributed by atoms with Gasteiger partial charge in [0.1, 0.15) is 0 Å². The Hall–Kier alpha value is -1.96. The zero-order chi connectivity index (χ0) is 14.5. The van der Waals surface area contributed by atoms with Crippen LogP contribution in [-0.2, 0) is 13.1 Å². The molecular weight excluding hydrogens is 276 g/mol. The molecule has 0 saturated carbocycles. The molecule has 2 aromatic heterocycles. The van der Waals surface area contributed by atoms with Crippen molar-refractivity contribution >= 4 is 17.3 Å². The number of nitrogens with one attached hydrogen (secondary N) is 1. The van der Waals surface area contributed by atoms with Crippen molar-refractivity contribution in [2.45, 2.75) is 26.9 Å². The van der Waals surface area contributed by atoms with E-state index in [1.165, 1.54) is 0 Å². The maximum Gasteiger partial charge on any atom is 0.246 e. The molecule has 0 aliphatic carbocycles. The summed E-state index contributed by atoms with van der Waals surface area (Å²) in [7, 11) is 3.70. The number of aliphatic imine (C=N–C) groups is 1. The van der Waals surface area contributed by atoms with E-state index in [0.29, 0.717) is 24.8 Å². The minimum atomic E-state index is 0.452. The van der Waals surface area contributed by atoms with Crippen LogP contribution >= 0.6 is 11.3 Å². The Morgan fingerprint density at radius 3 is 2.80 bits per heavy atom. The second-order valence-electron chi connectivity index (χ2n) is 4.35. The lowest BCUT2D eigenvalue weighted by Gasteiger charge is -2.20. The van der Waals surface area contributed by atoms with Gasteiger partial charge in [-0.15, -0.1) is 11.3 Å². The van der Waals surface area contributed by atoms with Gasteiger partial charge in [0.15, 0.2) is 11.8 Å². The monoisotopic (exact) mass is 294 g/mol. The molecule has 0 radical (unpaired) electrons. The van der Waals surface area contributed by atoms with E-state index in [1.54, 1.807) is 25.3 Å². The van der Waals surface area contributed by atoms with Gasteiger partial charge in [-0.3, -0.25) is 4.99 Å². The molecule has 0 atom stereocenters. The third-order valence-corrected chi connectivity index (χ3v) is 3.43. The zero-order valence-electron chi connectivity index (χ0n) is 12.0. The minimum absolute atomic E-state index is 0.452. The van der Waals surface area contributed by atoms with Crippen LogP contribution in [0.1, 0.15) is 22.4 Å². The Bertz CT molecular complexity index is 590. The normalized spacial score (nSPS) is 11.7. The van der Waals surface area contributed by atoms with E-state index in [-0.39, 0.29) is 0 Å². The van der Waals surface area contributed by atoms with Crippen molar-refractivity contribution in [1.82, 2.24) is 25.3 Å². The fourth-order valence-corrected chi connectivity index (χ4v) is 2.35. The summed E-state index contributed by atoms with van der Waals surface area (Å²) in [6.45, 7) is 4.94. The molecule has 2 aromatic rings. The molecule has 2 rings (SSSR count). The molecule has 8 heteroatoms. The lowest BCUT2D eigenvalue weighted by atomic mass is 10.4. The van der Waals surface area contributed by atoms with Gasteiger partial charge in [-0.2, -0.15) is 4.98 Å². The van der Waals surface area contributed by atoms with Crippen LogP contribution in [-0.4, -0.2) is 40.1 Å². The quantitative estimate of drug-likeness (QED) is 0.677. The minimum Gasteiger partial charge on any atom is -0.347 e. The maximum absolute atomic E-state index is 5.05. The van der Waals surface area contributed by atoms with Gasteiger partial charge in [0.05, 0.1) is 23.8 Å². The maximum atomic E-state index is 5.05. The lowest BCUT2D eigenvalue weighted by Crippen LogP contribution is -2.38. The number of thiazole rings is 1. The van der Waals surface area contributed by atoms with Crippen LogP contribution in [0.2, 0.25) is 0 Å². The highest BCUT2D eigenvalue weighted by Gasteiger charge is 2.10. The second-order valence-corrected chi connectivity index (χ2v) is 5.41. The average molecular weight is 294 g/mol. The van der Waals surface area contributed by atoms with E-state index in [2.05, 4.69) is 30.8 Å². The van der Waals surface area contributed by atoms with Gasteiger partial charge in [0, 0.05) is 19.5 Å². The first kappa shape index (κ1) is 14.4. The smallest absolute Gasteiger partial charge is 0.246 e. The molecule has 0 unspecified atom stereocenters. The van der Waals surface area contributed by atoms with Gasteiger partial charge in [-0.1, -0.05) is 5.16 Å². The molecule has 108 valence electrons. The number of rotatable bonds is 4. The number of nitrogens with zero attached hydrogens (tertiary/aromatic N) is 5. The highest BCUT2D eigenvalue weighted by atomic mass is 32.1. The van der Waals surface area contributed by atoms with Crippen molar-refractivity contribution < 1.29 is 4.52 Å². The van der Waals surface area contributed by atoms with Gasteiger partial charge in [0.25, 0.3) is 0 Å². The van der Waals surface area contributed by atoms with Crippen LogP contribution in [0.25, 0.3) is 0 Å². The third-order valence-electron chi connectivity index (χ3n) is 2.61. The zero-order valence-corrected chi connectivity index (χ0v) is 12.9. The Morgan fingerprint density at radius 1 is 1.45 bits per heavy atom. The summed E-state index contributed by atoms with van der Waals surface area (Å²) < 4.78 is 5.05. The largest absolute Gasteiger partial charge is 0.347 e. The summed E-state index contributed by atoms with van der Waals surface area (Å²) in [5.41, 5.74) is 1.03. The fraction of sp³-hybridized carbons (Fsp3) is 0.500. The van der Waals surface area contributed by atoms with Crippen LogP contribution in [0, 0.1) is 13.8 Å². The first-order valence-electron chi connectivity index (χ1n) is 6.20. The molecule has 0 amide bonds. The van der Waals surface area contributed by atoms with Crippen molar-refractivity contribution in [3.05, 3.63) is 27.8 Å². The number of guanidine groups is 1. The molecular formula is C12H18N6OS. The third kappa shape index (κ3) is 3.77. The van der Waals surface area contributed by atoms with Crippen molar-refractivity contribution in [1.29, 1.82) is 0 Å². The second kappa shape index (κ2) is 6.47. The number of hydrogen-bond acceptors (Lipinski definition) is 6. The summed E-state index contributed by atoms with van der Waals surface area (Å²) >= 11 is 1.65. The highest BCUT2D eigenvalue weighted by Crippen LogP contribution is 2.09. The molecule has 1 N–H and O–H groups in total. The van der Waals surface area contributed by atoms with E-state index in [9.17, 15) is 0 Å². The van der Waals surface area contributed by atoms with E-state index < -0.39 is 0 Å². The number of aryl methyl sites for hydroxylation is 2. The van der Waals surface area contributed by atoms with Crippen molar-refractivity contribution in [2.24, 2.45) is 4.99 Å². The summed E-state index contributed by atoms with van der Waals surface area (Å²) in [6, 6.07) is 0. The van der Waals surface area contributed by atoms with Gasteiger partial charge < -0.3 is 14.7 Å². The van der Waals surface area contributed by atoms with Crippen LogP contribution in [0.4, 0.5) is 0 Å². The number of hydrogen-bond donors (Lipinski definition) is 1. The molecule has 0 aliphatic heterocycles. The molecule has 0 fully saturated rings. The Balaban J connectivity index is 1.90. The lowest BCUT2D eigenvalue weighted by molar-refractivity contribution is 0.367. The highest BCUT2D eigenvalue weighted by molar-refractivity contribution is 7.09. The van der Waals surface area contributed by atoms with Crippen LogP contribution in [0.3, 0.4) is 0 Å². The predicted octanol–water partition coefficient (Wildman–Crippen LogP) is 1.35. The Morgan fingerprint density at radius 2 is 2.25 bits per heavy atom. The van der Waals surface area contributed by atoms with Gasteiger partial charge in [-0.25, -0.2) is 4.98 Å². The van der Waals surface area contributed by atoms with Crippen LogP contribution in [0.5, 0.6) is 0 Å². The fourth-order valence-electron chi connectivity index (χ4n) is 1.75. The summed E-state index contributed by atoms with van der Waals surface area (Å²) in [5, 5.41) is 10.1. The standard InChI is InChI=1S/C12H18N6OS/c1-8-15-11(19-17-8)5-14-12(13-3)18(4)6-10-7-20-9(2)16-10/h7H,5-6H2,1-4H3,(H,13,14). The van der Waals surface area contributed by atoms with E-state index in [1.807, 2.05) is 18.9 Å². The average Bonchev–Trinajstić information content (AvgIpc) is 2.99. The summed E-state index contributed by atoms with van der Waals surface area (Å²) in [5.74, 6) is 1.93. The SMILES string of the molecule is CN=C(NCc1nc(C)no1)N(C)Cc1csc(C)n1. The molecule has 0 spiro atoms. The van der Waals surface area contributed by atoms with Crippen molar-refractivity contribution in [3.63, 3.8) is 0 Å². The molecule has 20 heavy (non-hydrogen) atoms.